The van der Waals surface area contributed by atoms with Crippen LogP contribution in [0.2, 0.25) is 0 Å². The van der Waals surface area contributed by atoms with Crippen LogP contribution < -0.4 is 4.90 Å². The first-order chi connectivity index (χ1) is 27.4. The van der Waals surface area contributed by atoms with Crippen molar-refractivity contribution >= 4 is 27.8 Å². The van der Waals surface area contributed by atoms with Gasteiger partial charge in [-0.1, -0.05) is 133 Å². The highest BCUT2D eigenvalue weighted by atomic mass is 15.1. The molecule has 0 aromatic heterocycles. The minimum absolute atomic E-state index is 0.118. The van der Waals surface area contributed by atoms with E-state index in [9.17, 15) is 6.85 Å². The van der Waals surface area contributed by atoms with E-state index in [0.29, 0.717) is 15.8 Å². The average molecular weight is 541 g/mol. The molecule has 0 aliphatic heterocycles. The average Bonchev–Trinajstić information content (AvgIpc) is 3.21. The van der Waals surface area contributed by atoms with Crippen molar-refractivity contribution in [3.05, 3.63) is 176 Å². The number of benzene rings is 7. The summed E-state index contributed by atoms with van der Waals surface area (Å²) in [7, 11) is 0. The van der Waals surface area contributed by atoms with Crippen molar-refractivity contribution in [1.29, 1.82) is 0 Å². The Hall–Kier alpha value is -5.40. The second kappa shape index (κ2) is 11.0. The van der Waals surface area contributed by atoms with E-state index in [1.165, 1.54) is 0 Å². The number of rotatable bonds is 6. The highest BCUT2D eigenvalue weighted by molar-refractivity contribution is 5.88. The molecule has 7 aromatic carbocycles. The van der Waals surface area contributed by atoms with E-state index in [1.807, 2.05) is 12.1 Å². The first kappa shape index (κ1) is 12.4. The van der Waals surface area contributed by atoms with Gasteiger partial charge in [0.1, 0.15) is 0 Å². The highest BCUT2D eigenvalue weighted by Gasteiger charge is 2.14. The van der Waals surface area contributed by atoms with Crippen molar-refractivity contribution in [2.45, 2.75) is 0 Å². The Morgan fingerprint density at radius 3 is 1.66 bits per heavy atom. The predicted octanol–water partition coefficient (Wildman–Crippen LogP) is 11.3. The monoisotopic (exact) mass is 540 g/mol. The Morgan fingerprint density at radius 1 is 0.366 bits per heavy atom. The Morgan fingerprint density at radius 2 is 0.951 bits per heavy atom. The second-order valence-corrected chi connectivity index (χ2v) is 8.93. The summed E-state index contributed by atoms with van der Waals surface area (Å²) in [5.74, 6) is 0. The van der Waals surface area contributed by atoms with E-state index < -0.39 is 131 Å². The summed E-state index contributed by atoms with van der Waals surface area (Å²) >= 11 is 0. The Balaban J connectivity index is 1.64. The van der Waals surface area contributed by atoms with Crippen molar-refractivity contribution in [3.63, 3.8) is 0 Å². The van der Waals surface area contributed by atoms with Gasteiger partial charge in [0, 0.05) is 17.1 Å². The molecule has 0 saturated heterocycles. The van der Waals surface area contributed by atoms with Gasteiger partial charge in [0.25, 0.3) is 0 Å². The zero-order chi connectivity index (χ0) is 42.2. The molecule has 0 radical (unpaired) electrons. The van der Waals surface area contributed by atoms with Crippen molar-refractivity contribution in [2.75, 3.05) is 4.90 Å². The van der Waals surface area contributed by atoms with Gasteiger partial charge in [-0.15, -0.1) is 0 Å². The van der Waals surface area contributed by atoms with Gasteiger partial charge in [0.15, 0.2) is 0 Å². The van der Waals surface area contributed by atoms with Crippen molar-refractivity contribution in [1.82, 2.24) is 0 Å². The lowest BCUT2D eigenvalue weighted by atomic mass is 10.00. The van der Waals surface area contributed by atoms with Crippen LogP contribution in [-0.2, 0) is 0 Å². The molecule has 0 aliphatic carbocycles. The summed E-state index contributed by atoms with van der Waals surface area (Å²) in [5.41, 5.74) is -3.18. The first-order valence-electron chi connectivity index (χ1n) is 21.1. The SMILES string of the molecule is [2H]c1c([2H])c([2H])c(-c2c([2H])c([2H])c(N(c3c([2H])c([2H])c(-c4ccccc4)c([2H])c3[2H])c3c([2H])c([2H])c([2H])c(-c4ccc5ccccc5c4)c3[2H])c([2H])c2[2H])c([2H])c1[2H]. The minimum Gasteiger partial charge on any atom is -0.310 e. The van der Waals surface area contributed by atoms with Gasteiger partial charge in [-0.25, -0.2) is 0 Å². The van der Waals surface area contributed by atoms with Crippen LogP contribution in [0.3, 0.4) is 0 Å². The molecule has 7 aromatic rings. The van der Waals surface area contributed by atoms with Gasteiger partial charge in [-0.2, -0.15) is 0 Å². The molecule has 0 heterocycles. The van der Waals surface area contributed by atoms with E-state index >= 15 is 0 Å². The molecule has 0 fully saturated rings. The van der Waals surface area contributed by atoms with Crippen molar-refractivity contribution < 1.29 is 23.3 Å². The molecule has 0 atom stereocenters. The van der Waals surface area contributed by atoms with Gasteiger partial charge < -0.3 is 4.90 Å². The number of nitrogens with zero attached hydrogens (tertiary/aromatic N) is 1. The maximum atomic E-state index is 9.57. The third-order valence-corrected chi connectivity index (χ3v) is 6.36. The molecule has 0 amide bonds. The lowest BCUT2D eigenvalue weighted by Crippen LogP contribution is -2.10. The second-order valence-electron chi connectivity index (χ2n) is 8.93. The smallest absolute Gasteiger partial charge is 0.0651 e. The van der Waals surface area contributed by atoms with E-state index in [4.69, 9.17) is 16.4 Å². The topological polar surface area (TPSA) is 3.24 Å². The summed E-state index contributed by atoms with van der Waals surface area (Å²) in [6, 6.07) is 7.14. The fourth-order valence-corrected chi connectivity index (χ4v) is 4.35. The molecule has 41 heavy (non-hydrogen) atoms. The molecule has 0 aliphatic rings. The Kier molecular flexibility index (Phi) is 3.33. The van der Waals surface area contributed by atoms with Crippen LogP contribution in [-0.4, -0.2) is 0 Å². The molecule has 0 N–H and O–H groups in total. The van der Waals surface area contributed by atoms with Crippen LogP contribution >= 0.6 is 0 Å². The lowest BCUT2D eigenvalue weighted by Gasteiger charge is -2.26. The molecule has 0 spiro atoms. The molecular formula is C40H29N. The van der Waals surface area contributed by atoms with E-state index in [2.05, 4.69) is 0 Å². The van der Waals surface area contributed by atoms with Crippen molar-refractivity contribution in [3.8, 4) is 33.4 Å². The fraction of sp³-hybridized carbons (Fsp3) is 0. The first-order valence-corrected chi connectivity index (χ1v) is 12.6. The summed E-state index contributed by atoms with van der Waals surface area (Å²) < 4.78 is 151. The normalized spacial score (nSPS) is 16.7. The number of hydrogen-bond acceptors (Lipinski definition) is 1. The lowest BCUT2D eigenvalue weighted by molar-refractivity contribution is 1.28. The number of anilines is 3. The van der Waals surface area contributed by atoms with Crippen LogP contribution in [0.4, 0.5) is 17.1 Å². The van der Waals surface area contributed by atoms with Crippen LogP contribution in [0.1, 0.15) is 23.3 Å². The summed E-state index contributed by atoms with van der Waals surface area (Å²) in [6.07, 6.45) is 0. The van der Waals surface area contributed by atoms with Gasteiger partial charge in [-0.05, 0) is 86.5 Å². The number of fused-ring (bicyclic) bond motifs is 1. The Labute approximate surface area is 265 Å². The third kappa shape index (κ3) is 5.14. The van der Waals surface area contributed by atoms with Gasteiger partial charge in [-0.3, -0.25) is 0 Å². The van der Waals surface area contributed by atoms with E-state index in [0.717, 1.165) is 5.39 Å². The van der Waals surface area contributed by atoms with Crippen LogP contribution in [0, 0.1) is 0 Å². The van der Waals surface area contributed by atoms with Crippen molar-refractivity contribution in [2.24, 2.45) is 0 Å². The molecule has 0 saturated carbocycles. The van der Waals surface area contributed by atoms with Gasteiger partial charge >= 0.3 is 0 Å². The van der Waals surface area contributed by atoms with Crippen LogP contribution in [0.5, 0.6) is 0 Å². The molecular weight excluding hydrogens is 494 g/mol. The summed E-state index contributed by atoms with van der Waals surface area (Å²) in [4.78, 5) is 0.703. The van der Waals surface area contributed by atoms with E-state index in [-0.39, 0.29) is 16.7 Å². The van der Waals surface area contributed by atoms with Gasteiger partial charge in [0.2, 0.25) is 0 Å². The number of hydrogen-bond donors (Lipinski definition) is 0. The fourth-order valence-electron chi connectivity index (χ4n) is 4.35. The van der Waals surface area contributed by atoms with Crippen LogP contribution in [0.15, 0.2) is 176 Å². The summed E-state index contributed by atoms with van der Waals surface area (Å²) in [6.45, 7) is 0. The zero-order valence-corrected chi connectivity index (χ0v) is 21.4. The molecule has 0 bridgehead atoms. The molecule has 1 heteroatoms. The van der Waals surface area contributed by atoms with E-state index in [1.54, 1.807) is 60.7 Å². The molecule has 1 nitrogen and oxygen atoms in total. The zero-order valence-electron chi connectivity index (χ0n) is 38.4. The molecule has 7 rings (SSSR count). The molecule has 194 valence electrons. The Bertz CT molecular complexity index is 2790. The molecule has 0 unspecified atom stereocenters. The maximum Gasteiger partial charge on any atom is 0.0651 e. The highest BCUT2D eigenvalue weighted by Crippen LogP contribution is 2.38. The van der Waals surface area contributed by atoms with Crippen LogP contribution in [0.25, 0.3) is 44.2 Å². The summed E-state index contributed by atoms with van der Waals surface area (Å²) in [5, 5.41) is 1.52. The maximum absolute atomic E-state index is 9.57. The third-order valence-electron chi connectivity index (χ3n) is 6.36. The largest absolute Gasteiger partial charge is 0.310 e. The minimum atomic E-state index is -0.959. The standard InChI is InChI=1S/C40H29N/c1-3-10-30(11-4-1)33-20-24-38(25-21-33)41(39-26-22-34(23-27-39)31-12-5-2-6-13-31)40-17-9-16-36(29-40)37-19-18-32-14-7-8-15-35(32)28-37/h1-29H/i1D,3D,4D,9D,10D,11D,16D,17D,20D,21D,22D,23D,24D,25D,26D,27D,29D. The van der Waals surface area contributed by atoms with Gasteiger partial charge in [0.05, 0.1) is 23.3 Å². The predicted molar refractivity (Wildman–Crippen MR) is 175 cm³/mol. The quantitative estimate of drug-likeness (QED) is 0.203.